The maximum absolute atomic E-state index is 8.37. The molecule has 1 heterocycles. The zero-order valence-electron chi connectivity index (χ0n) is 6.24. The van der Waals surface area contributed by atoms with Gasteiger partial charge >= 0.3 is 0 Å². The number of nitriles is 2. The van der Waals surface area contributed by atoms with Crippen molar-refractivity contribution in [1.29, 1.82) is 10.5 Å². The Morgan fingerprint density at radius 3 is 2.69 bits per heavy atom. The summed E-state index contributed by atoms with van der Waals surface area (Å²) in [5, 5.41) is 25.5. The van der Waals surface area contributed by atoms with Crippen molar-refractivity contribution >= 4 is 21.9 Å². The third-order valence-corrected chi connectivity index (χ3v) is 1.40. The molecule has 0 atom stereocenters. The van der Waals surface area contributed by atoms with Crippen molar-refractivity contribution in [3.63, 3.8) is 0 Å². The van der Waals surface area contributed by atoms with Crippen LogP contribution in [0.5, 0.6) is 0 Å². The number of hydrogen-bond donors (Lipinski definition) is 2. The Morgan fingerprint density at radius 1 is 1.54 bits per heavy atom. The normalized spacial score (nSPS) is 8.23. The fourth-order valence-electron chi connectivity index (χ4n) is 0.533. The number of allylic oxidation sites excluding steroid dienone is 1. The Kier molecular flexibility index (Phi) is 3.01. The molecule has 0 saturated heterocycles. The molecule has 0 aliphatic rings. The van der Waals surface area contributed by atoms with Gasteiger partial charge in [0.05, 0.1) is 0 Å². The molecule has 0 unspecified atom stereocenters. The predicted molar refractivity (Wildman–Crippen MR) is 47.0 cm³/mol. The number of anilines is 1. The van der Waals surface area contributed by atoms with Gasteiger partial charge in [0.1, 0.15) is 17.7 Å². The van der Waals surface area contributed by atoms with Crippen LogP contribution in [-0.4, -0.2) is 15.2 Å². The molecule has 1 rings (SSSR count). The largest absolute Gasteiger partial charge is 0.327 e. The van der Waals surface area contributed by atoms with Crippen molar-refractivity contribution in [2.75, 3.05) is 5.32 Å². The van der Waals surface area contributed by atoms with Crippen LogP contribution in [0.15, 0.2) is 16.5 Å². The Labute approximate surface area is 82.0 Å². The highest BCUT2D eigenvalue weighted by Crippen LogP contribution is 2.04. The van der Waals surface area contributed by atoms with Gasteiger partial charge in [0.25, 0.3) is 0 Å². The molecular weight excluding hydrogens is 236 g/mol. The average molecular weight is 239 g/mol. The summed E-state index contributed by atoms with van der Waals surface area (Å²) >= 11 is 3.05. The van der Waals surface area contributed by atoms with Gasteiger partial charge in [-0.1, -0.05) is 0 Å². The number of aromatic nitrogens is 3. The molecule has 0 bridgehead atoms. The van der Waals surface area contributed by atoms with Crippen molar-refractivity contribution in [3.8, 4) is 12.1 Å². The minimum absolute atomic E-state index is 0.0408. The topological polar surface area (TPSA) is 101 Å². The van der Waals surface area contributed by atoms with Crippen molar-refractivity contribution in [1.82, 2.24) is 15.2 Å². The first-order valence-corrected chi connectivity index (χ1v) is 3.90. The van der Waals surface area contributed by atoms with E-state index in [-0.39, 0.29) is 11.5 Å². The van der Waals surface area contributed by atoms with Gasteiger partial charge in [0.15, 0.2) is 4.73 Å². The van der Waals surface area contributed by atoms with E-state index in [0.29, 0.717) is 4.73 Å². The second kappa shape index (κ2) is 4.24. The molecule has 64 valence electrons. The molecule has 0 aliphatic carbocycles. The first-order chi connectivity index (χ1) is 6.26. The molecule has 7 heteroatoms. The lowest BCUT2D eigenvalue weighted by atomic mass is 10.4. The first kappa shape index (κ1) is 9.23. The van der Waals surface area contributed by atoms with Crippen LogP contribution in [0.2, 0.25) is 0 Å². The van der Waals surface area contributed by atoms with Crippen LogP contribution in [0.1, 0.15) is 0 Å². The van der Waals surface area contributed by atoms with Gasteiger partial charge in [0, 0.05) is 6.20 Å². The van der Waals surface area contributed by atoms with E-state index in [1.165, 1.54) is 6.20 Å². The number of aromatic amines is 1. The van der Waals surface area contributed by atoms with E-state index in [4.69, 9.17) is 10.5 Å². The standard InChI is InChI=1S/C6H3BrN6/c7-5-11-6(13-12-5)10-3-4(1-8)2-9/h3H,(H2,10,11,12,13). The summed E-state index contributed by atoms with van der Waals surface area (Å²) in [6.45, 7) is 0. The van der Waals surface area contributed by atoms with Crippen LogP contribution < -0.4 is 5.32 Å². The summed E-state index contributed by atoms with van der Waals surface area (Å²) < 4.78 is 0.471. The van der Waals surface area contributed by atoms with E-state index in [0.717, 1.165) is 0 Å². The van der Waals surface area contributed by atoms with E-state index in [1.54, 1.807) is 12.1 Å². The van der Waals surface area contributed by atoms with E-state index in [2.05, 4.69) is 36.4 Å². The second-order valence-corrected chi connectivity index (χ2v) is 2.63. The summed E-state index contributed by atoms with van der Waals surface area (Å²) in [6.07, 6.45) is 1.23. The van der Waals surface area contributed by atoms with Gasteiger partial charge in [-0.3, -0.25) is 5.10 Å². The number of rotatable bonds is 2. The van der Waals surface area contributed by atoms with Gasteiger partial charge in [-0.05, 0) is 15.9 Å². The van der Waals surface area contributed by atoms with Gasteiger partial charge in [0.2, 0.25) is 5.95 Å². The Balaban J connectivity index is 2.68. The van der Waals surface area contributed by atoms with Crippen LogP contribution in [0.3, 0.4) is 0 Å². The molecular formula is C6H3BrN6. The maximum Gasteiger partial charge on any atom is 0.246 e. The number of nitrogens with one attached hydrogen (secondary N) is 2. The van der Waals surface area contributed by atoms with Crippen LogP contribution in [0, 0.1) is 22.7 Å². The van der Waals surface area contributed by atoms with E-state index in [1.807, 2.05) is 0 Å². The van der Waals surface area contributed by atoms with E-state index < -0.39 is 0 Å². The smallest absolute Gasteiger partial charge is 0.246 e. The van der Waals surface area contributed by atoms with Crippen molar-refractivity contribution in [2.24, 2.45) is 0 Å². The van der Waals surface area contributed by atoms with Crippen LogP contribution in [0.4, 0.5) is 5.95 Å². The zero-order valence-corrected chi connectivity index (χ0v) is 7.83. The number of H-pyrrole nitrogens is 1. The molecule has 1 aromatic rings. The fraction of sp³-hybridized carbons (Fsp3) is 0. The van der Waals surface area contributed by atoms with Crippen molar-refractivity contribution in [3.05, 3.63) is 16.5 Å². The fourth-order valence-corrected chi connectivity index (χ4v) is 0.789. The molecule has 0 spiro atoms. The highest BCUT2D eigenvalue weighted by Gasteiger charge is 1.97. The summed E-state index contributed by atoms with van der Waals surface area (Å²) in [7, 11) is 0. The van der Waals surface area contributed by atoms with Gasteiger partial charge in [-0.25, -0.2) is 0 Å². The Morgan fingerprint density at radius 2 is 2.23 bits per heavy atom. The van der Waals surface area contributed by atoms with Crippen LogP contribution in [-0.2, 0) is 0 Å². The van der Waals surface area contributed by atoms with Crippen molar-refractivity contribution < 1.29 is 0 Å². The van der Waals surface area contributed by atoms with E-state index >= 15 is 0 Å². The summed E-state index contributed by atoms with van der Waals surface area (Å²) in [4.78, 5) is 3.83. The lowest BCUT2D eigenvalue weighted by Crippen LogP contribution is -1.91. The lowest BCUT2D eigenvalue weighted by Gasteiger charge is -1.88. The molecule has 0 fully saturated rings. The second-order valence-electron chi connectivity index (χ2n) is 1.88. The number of hydrogen-bond acceptors (Lipinski definition) is 5. The summed E-state index contributed by atoms with van der Waals surface area (Å²) in [5.74, 6) is 0.287. The average Bonchev–Trinajstić information content (AvgIpc) is 2.53. The van der Waals surface area contributed by atoms with Crippen molar-refractivity contribution in [2.45, 2.75) is 0 Å². The minimum Gasteiger partial charge on any atom is -0.327 e. The third kappa shape index (κ3) is 2.58. The molecule has 6 nitrogen and oxygen atoms in total. The molecule has 2 N–H and O–H groups in total. The van der Waals surface area contributed by atoms with Crippen LogP contribution in [0.25, 0.3) is 0 Å². The zero-order chi connectivity index (χ0) is 9.68. The van der Waals surface area contributed by atoms with E-state index in [9.17, 15) is 0 Å². The molecule has 13 heavy (non-hydrogen) atoms. The highest BCUT2D eigenvalue weighted by atomic mass is 79.9. The Bertz CT molecular complexity index is 389. The predicted octanol–water partition coefficient (Wildman–Crippen LogP) is 0.910. The maximum atomic E-state index is 8.37. The van der Waals surface area contributed by atoms with Crippen LogP contribution >= 0.6 is 15.9 Å². The van der Waals surface area contributed by atoms with Gasteiger partial charge in [-0.2, -0.15) is 15.5 Å². The Hall–Kier alpha value is -1.86. The number of nitrogens with zero attached hydrogens (tertiary/aromatic N) is 4. The highest BCUT2D eigenvalue weighted by molar-refractivity contribution is 9.10. The monoisotopic (exact) mass is 238 g/mol. The molecule has 0 amide bonds. The lowest BCUT2D eigenvalue weighted by molar-refractivity contribution is 1.07. The first-order valence-electron chi connectivity index (χ1n) is 3.11. The number of halogens is 1. The molecule has 0 radical (unpaired) electrons. The summed E-state index contributed by atoms with van der Waals surface area (Å²) in [6, 6.07) is 3.38. The molecule has 0 saturated carbocycles. The van der Waals surface area contributed by atoms with Gasteiger partial charge < -0.3 is 5.32 Å². The molecule has 0 aromatic carbocycles. The SMILES string of the molecule is N#CC(C#N)=CNc1n[nH]c(Br)n1. The summed E-state index contributed by atoms with van der Waals surface area (Å²) in [5.41, 5.74) is -0.0408. The molecule has 0 aliphatic heterocycles. The quantitative estimate of drug-likeness (QED) is 0.747. The minimum atomic E-state index is -0.0408. The van der Waals surface area contributed by atoms with Gasteiger partial charge in [-0.15, -0.1) is 5.10 Å². The third-order valence-electron chi connectivity index (χ3n) is 1.04. The molecule has 1 aromatic heterocycles.